The Labute approximate surface area is 185 Å². The minimum atomic E-state index is -0.475. The minimum Gasteiger partial charge on any atom is -0.454 e. The second-order valence-electron chi connectivity index (χ2n) is 7.49. The Balaban J connectivity index is 1.51. The number of cyclic esters (lactones) is 1. The van der Waals surface area contributed by atoms with Crippen molar-refractivity contribution in [3.63, 3.8) is 0 Å². The Morgan fingerprint density at radius 1 is 1.22 bits per heavy atom. The smallest absolute Gasteiger partial charge is 0.417 e. The molecule has 8 nitrogen and oxygen atoms in total. The molecule has 1 saturated heterocycles. The molecule has 0 bridgehead atoms. The minimum absolute atomic E-state index is 0.124. The van der Waals surface area contributed by atoms with Crippen LogP contribution in [0.4, 0.5) is 21.1 Å². The molecule has 1 aliphatic rings. The van der Waals surface area contributed by atoms with Crippen LogP contribution in [0.2, 0.25) is 0 Å². The molecule has 1 aliphatic heterocycles. The standard InChI is InChI=1S/C23H24FN5O3/c1-4-17-13-31-23(30)29(17)22-27-15(3)26-21(28-22)25-14(2)16-10-11-20(19(24)12-16)32-18-8-6-5-7-9-18/h5-12,14,17H,4,13H2,1-3H3,(H,25,26,27,28)/t14-,17-/m0/s1. The number of halogens is 1. The van der Waals surface area contributed by atoms with E-state index >= 15 is 0 Å². The number of hydrogen-bond acceptors (Lipinski definition) is 7. The average molecular weight is 437 g/mol. The molecule has 3 aromatic rings. The van der Waals surface area contributed by atoms with Gasteiger partial charge in [-0.15, -0.1) is 0 Å². The molecule has 1 N–H and O–H groups in total. The van der Waals surface area contributed by atoms with E-state index in [-0.39, 0.29) is 23.8 Å². The van der Waals surface area contributed by atoms with Crippen LogP contribution in [0.3, 0.4) is 0 Å². The van der Waals surface area contributed by atoms with Gasteiger partial charge in [0, 0.05) is 0 Å². The van der Waals surface area contributed by atoms with Crippen LogP contribution in [0.1, 0.15) is 37.7 Å². The van der Waals surface area contributed by atoms with Crippen molar-refractivity contribution in [3.05, 3.63) is 65.7 Å². The summed E-state index contributed by atoms with van der Waals surface area (Å²) in [6.07, 6.45) is 0.240. The molecule has 1 fully saturated rings. The summed E-state index contributed by atoms with van der Waals surface area (Å²) in [4.78, 5) is 26.6. The zero-order valence-electron chi connectivity index (χ0n) is 18.1. The van der Waals surface area contributed by atoms with Gasteiger partial charge in [0.15, 0.2) is 11.6 Å². The lowest BCUT2D eigenvalue weighted by atomic mass is 10.1. The topological polar surface area (TPSA) is 89.5 Å². The molecule has 2 aromatic carbocycles. The van der Waals surface area contributed by atoms with Crippen LogP contribution in [0.5, 0.6) is 11.5 Å². The molecule has 1 aromatic heterocycles. The number of carbonyl (C=O) groups is 1. The summed E-state index contributed by atoms with van der Waals surface area (Å²) in [6, 6.07) is 13.4. The van der Waals surface area contributed by atoms with Crippen molar-refractivity contribution >= 4 is 18.0 Å². The van der Waals surface area contributed by atoms with Gasteiger partial charge in [-0.05, 0) is 50.1 Å². The van der Waals surface area contributed by atoms with E-state index < -0.39 is 11.9 Å². The van der Waals surface area contributed by atoms with Gasteiger partial charge in [-0.2, -0.15) is 15.0 Å². The number of aromatic nitrogens is 3. The zero-order chi connectivity index (χ0) is 22.7. The van der Waals surface area contributed by atoms with Crippen LogP contribution in [-0.2, 0) is 4.74 Å². The Bertz CT molecular complexity index is 1110. The van der Waals surface area contributed by atoms with Crippen molar-refractivity contribution in [2.75, 3.05) is 16.8 Å². The maximum absolute atomic E-state index is 14.6. The number of amides is 1. The summed E-state index contributed by atoms with van der Waals surface area (Å²) < 4.78 is 25.4. The summed E-state index contributed by atoms with van der Waals surface area (Å²) in [5.41, 5.74) is 0.689. The molecule has 0 radical (unpaired) electrons. The maximum atomic E-state index is 14.6. The zero-order valence-corrected chi connectivity index (χ0v) is 18.1. The van der Waals surface area contributed by atoms with Crippen LogP contribution < -0.4 is 15.0 Å². The summed E-state index contributed by atoms with van der Waals surface area (Å²) in [7, 11) is 0. The highest BCUT2D eigenvalue weighted by molar-refractivity contribution is 5.88. The lowest BCUT2D eigenvalue weighted by Gasteiger charge is -2.20. The first-order valence-electron chi connectivity index (χ1n) is 10.4. The third-order valence-electron chi connectivity index (χ3n) is 5.16. The predicted octanol–water partition coefficient (Wildman–Crippen LogP) is 5.02. The van der Waals surface area contributed by atoms with Crippen LogP contribution in [-0.4, -0.2) is 33.7 Å². The van der Waals surface area contributed by atoms with Gasteiger partial charge < -0.3 is 14.8 Å². The van der Waals surface area contributed by atoms with Gasteiger partial charge in [-0.3, -0.25) is 0 Å². The Hall–Kier alpha value is -3.75. The van der Waals surface area contributed by atoms with Crippen molar-refractivity contribution < 1.29 is 18.7 Å². The number of aryl methyl sites for hydroxylation is 1. The van der Waals surface area contributed by atoms with Crippen molar-refractivity contribution in [2.45, 2.75) is 39.3 Å². The first-order valence-corrected chi connectivity index (χ1v) is 10.4. The van der Waals surface area contributed by atoms with Crippen molar-refractivity contribution in [2.24, 2.45) is 0 Å². The third-order valence-corrected chi connectivity index (χ3v) is 5.16. The number of anilines is 2. The Morgan fingerprint density at radius 3 is 2.72 bits per heavy atom. The molecule has 2 atom stereocenters. The quantitative estimate of drug-likeness (QED) is 0.555. The normalized spacial score (nSPS) is 16.6. The van der Waals surface area contributed by atoms with Gasteiger partial charge in [0.1, 0.15) is 18.2 Å². The molecular formula is C23H24FN5O3. The highest BCUT2D eigenvalue weighted by Crippen LogP contribution is 2.28. The molecule has 1 amide bonds. The van der Waals surface area contributed by atoms with Crippen molar-refractivity contribution in [1.29, 1.82) is 0 Å². The summed E-state index contributed by atoms with van der Waals surface area (Å²) in [5.74, 6) is 1.21. The fourth-order valence-corrected chi connectivity index (χ4v) is 3.41. The van der Waals surface area contributed by atoms with E-state index in [2.05, 4.69) is 20.3 Å². The maximum Gasteiger partial charge on any atom is 0.417 e. The highest BCUT2D eigenvalue weighted by Gasteiger charge is 2.35. The number of carbonyl (C=O) groups excluding carboxylic acids is 1. The molecule has 32 heavy (non-hydrogen) atoms. The van der Waals surface area contributed by atoms with Gasteiger partial charge in [0.2, 0.25) is 11.9 Å². The number of ether oxygens (including phenoxy) is 2. The number of benzene rings is 2. The number of hydrogen-bond donors (Lipinski definition) is 1. The number of nitrogens with one attached hydrogen (secondary N) is 1. The van der Waals surface area contributed by atoms with Gasteiger partial charge in [0.05, 0.1) is 12.1 Å². The number of para-hydroxylation sites is 1. The fraction of sp³-hybridized carbons (Fsp3) is 0.304. The fourth-order valence-electron chi connectivity index (χ4n) is 3.41. The molecule has 166 valence electrons. The molecule has 0 saturated carbocycles. The summed E-state index contributed by atoms with van der Waals surface area (Å²) in [6.45, 7) is 5.85. The van der Waals surface area contributed by atoms with Crippen LogP contribution in [0, 0.1) is 12.7 Å². The molecule has 4 rings (SSSR count). The molecule has 0 aliphatic carbocycles. The van der Waals surface area contributed by atoms with Crippen LogP contribution in [0.15, 0.2) is 48.5 Å². The van der Waals surface area contributed by atoms with E-state index in [1.165, 1.54) is 11.0 Å². The van der Waals surface area contributed by atoms with E-state index in [0.29, 0.717) is 36.1 Å². The SMILES string of the molecule is CC[C@H]1COC(=O)N1c1nc(C)nc(N[C@@H](C)c2ccc(Oc3ccccc3)c(F)c2)n1. The van der Waals surface area contributed by atoms with Gasteiger partial charge >= 0.3 is 6.09 Å². The van der Waals surface area contributed by atoms with Crippen molar-refractivity contribution in [1.82, 2.24) is 15.0 Å². The first-order chi connectivity index (χ1) is 15.4. The van der Waals surface area contributed by atoms with E-state index in [0.717, 1.165) is 0 Å². The second kappa shape index (κ2) is 9.17. The molecule has 2 heterocycles. The second-order valence-corrected chi connectivity index (χ2v) is 7.49. The van der Waals surface area contributed by atoms with Gasteiger partial charge in [-0.25, -0.2) is 14.1 Å². The Kier molecular flexibility index (Phi) is 6.16. The van der Waals surface area contributed by atoms with E-state index in [4.69, 9.17) is 9.47 Å². The lowest BCUT2D eigenvalue weighted by molar-refractivity contribution is 0.178. The van der Waals surface area contributed by atoms with Gasteiger partial charge in [-0.1, -0.05) is 31.2 Å². The largest absolute Gasteiger partial charge is 0.454 e. The Morgan fingerprint density at radius 2 is 2.00 bits per heavy atom. The summed E-state index contributed by atoms with van der Waals surface area (Å²) in [5, 5.41) is 3.16. The van der Waals surface area contributed by atoms with Crippen LogP contribution in [0.25, 0.3) is 0 Å². The average Bonchev–Trinajstić information content (AvgIpc) is 3.16. The van der Waals surface area contributed by atoms with E-state index in [1.54, 1.807) is 31.2 Å². The molecular weight excluding hydrogens is 413 g/mol. The number of rotatable bonds is 7. The van der Waals surface area contributed by atoms with E-state index in [1.807, 2.05) is 32.0 Å². The highest BCUT2D eigenvalue weighted by atomic mass is 19.1. The van der Waals surface area contributed by atoms with Crippen LogP contribution >= 0.6 is 0 Å². The summed E-state index contributed by atoms with van der Waals surface area (Å²) >= 11 is 0. The predicted molar refractivity (Wildman–Crippen MR) is 117 cm³/mol. The monoisotopic (exact) mass is 437 g/mol. The molecule has 0 spiro atoms. The lowest BCUT2D eigenvalue weighted by Crippen LogP contribution is -2.34. The first kappa shape index (κ1) is 21.5. The third kappa shape index (κ3) is 4.61. The number of nitrogens with zero attached hydrogens (tertiary/aromatic N) is 4. The van der Waals surface area contributed by atoms with E-state index in [9.17, 15) is 9.18 Å². The molecule has 9 heteroatoms. The van der Waals surface area contributed by atoms with Crippen molar-refractivity contribution in [3.8, 4) is 11.5 Å². The molecule has 0 unspecified atom stereocenters. The van der Waals surface area contributed by atoms with Gasteiger partial charge in [0.25, 0.3) is 0 Å².